The molecule has 0 atom stereocenters. The van der Waals surface area contributed by atoms with Crippen LogP contribution in [0.5, 0.6) is 0 Å². The zero-order chi connectivity index (χ0) is 36.6. The molecule has 0 aliphatic carbocycles. The number of amides is 1. The zero-order valence-electron chi connectivity index (χ0n) is 33.5. The van der Waals surface area contributed by atoms with Crippen LogP contribution in [0.3, 0.4) is 0 Å². The molecule has 0 aromatic heterocycles. The van der Waals surface area contributed by atoms with E-state index in [1.54, 1.807) is 0 Å². The van der Waals surface area contributed by atoms with Gasteiger partial charge in [-0.05, 0) is 12.8 Å². The van der Waals surface area contributed by atoms with Crippen molar-refractivity contribution in [1.29, 1.82) is 0 Å². The number of rotatable bonds is 39. The number of nitrogens with one attached hydrogen (secondary N) is 1. The van der Waals surface area contributed by atoms with Crippen LogP contribution >= 0.6 is 0 Å². The lowest BCUT2D eigenvalue weighted by Crippen LogP contribution is -2.38. The van der Waals surface area contributed by atoms with Crippen LogP contribution in [0.1, 0.15) is 232 Å². The lowest BCUT2D eigenvalue weighted by Gasteiger charge is -2.17. The van der Waals surface area contributed by atoms with E-state index in [0.717, 1.165) is 38.5 Å². The van der Waals surface area contributed by atoms with Crippen molar-refractivity contribution in [2.75, 3.05) is 20.3 Å². The minimum atomic E-state index is -0.709. The van der Waals surface area contributed by atoms with Gasteiger partial charge in [-0.25, -0.2) is 4.79 Å². The normalized spacial score (nSPS) is 11.2. The van der Waals surface area contributed by atoms with Gasteiger partial charge < -0.3 is 19.5 Å². The Balaban J connectivity index is 3.76. The highest BCUT2D eigenvalue weighted by Crippen LogP contribution is 2.15. The molecular formula is C43H83NO6. The van der Waals surface area contributed by atoms with Crippen LogP contribution in [0, 0.1) is 0 Å². The van der Waals surface area contributed by atoms with Crippen LogP contribution in [0.15, 0.2) is 0 Å². The molecule has 0 saturated carbocycles. The van der Waals surface area contributed by atoms with Gasteiger partial charge in [0.2, 0.25) is 0 Å². The predicted octanol–water partition coefficient (Wildman–Crippen LogP) is 13.1. The van der Waals surface area contributed by atoms with Gasteiger partial charge >= 0.3 is 18.0 Å². The highest BCUT2D eigenvalue weighted by atomic mass is 16.5. The Bertz CT molecular complexity index is 693. The van der Waals surface area contributed by atoms with Crippen molar-refractivity contribution >= 4 is 18.0 Å². The molecule has 0 aromatic carbocycles. The Labute approximate surface area is 309 Å². The third kappa shape index (κ3) is 37.5. The van der Waals surface area contributed by atoms with Gasteiger partial charge in [-0.3, -0.25) is 9.59 Å². The first-order valence-corrected chi connectivity index (χ1v) is 21.7. The largest absolute Gasteiger partial charge is 0.466 e. The molecule has 0 spiro atoms. The van der Waals surface area contributed by atoms with Crippen LogP contribution in [0.4, 0.5) is 4.79 Å². The van der Waals surface area contributed by atoms with Crippen LogP contribution in [0.25, 0.3) is 0 Å². The third-order valence-corrected chi connectivity index (χ3v) is 9.86. The molecule has 7 heteroatoms. The smallest absolute Gasteiger partial charge is 0.407 e. The van der Waals surface area contributed by atoms with Crippen molar-refractivity contribution in [3.63, 3.8) is 0 Å². The predicted molar refractivity (Wildman–Crippen MR) is 210 cm³/mol. The fourth-order valence-corrected chi connectivity index (χ4v) is 6.59. The summed E-state index contributed by atoms with van der Waals surface area (Å²) in [7, 11) is 1.26. The second-order valence-corrected chi connectivity index (χ2v) is 14.8. The molecular weight excluding hydrogens is 626 g/mol. The fourth-order valence-electron chi connectivity index (χ4n) is 6.59. The van der Waals surface area contributed by atoms with E-state index in [9.17, 15) is 14.4 Å². The second kappa shape index (κ2) is 40.0. The first-order chi connectivity index (χ1) is 24.5. The van der Waals surface area contributed by atoms with E-state index < -0.39 is 24.1 Å². The van der Waals surface area contributed by atoms with Gasteiger partial charge in [0.05, 0.1) is 39.2 Å². The summed E-state index contributed by atoms with van der Waals surface area (Å²) in [6.07, 6.45) is 40.6. The SMILES string of the molecule is CCCCCCCCCCCCCCCCCCOC(=O)CC(CC(=O)OCCCCCCCCCCCCCCCCCC)NC(=O)OC. The van der Waals surface area contributed by atoms with Crippen molar-refractivity contribution in [2.45, 2.75) is 238 Å². The van der Waals surface area contributed by atoms with E-state index in [1.807, 2.05) is 0 Å². The molecule has 0 bridgehead atoms. The van der Waals surface area contributed by atoms with Crippen LogP contribution in [0.2, 0.25) is 0 Å². The van der Waals surface area contributed by atoms with E-state index in [-0.39, 0.29) is 12.8 Å². The van der Waals surface area contributed by atoms with Crippen molar-refractivity contribution in [3.05, 3.63) is 0 Å². The van der Waals surface area contributed by atoms with Crippen molar-refractivity contribution < 1.29 is 28.6 Å². The summed E-state index contributed by atoms with van der Waals surface area (Å²) < 4.78 is 15.5. The van der Waals surface area contributed by atoms with Gasteiger partial charge in [0, 0.05) is 0 Å². The summed E-state index contributed by atoms with van der Waals surface area (Å²) in [5, 5.41) is 2.58. The Morgan fingerprint density at radius 3 is 0.880 bits per heavy atom. The number of ether oxygens (including phenoxy) is 3. The average Bonchev–Trinajstić information content (AvgIpc) is 3.10. The van der Waals surface area contributed by atoms with Gasteiger partial charge in [0.25, 0.3) is 0 Å². The molecule has 296 valence electrons. The summed E-state index contributed by atoms with van der Waals surface area (Å²) >= 11 is 0. The molecule has 50 heavy (non-hydrogen) atoms. The molecule has 0 unspecified atom stereocenters. The number of carbonyl (C=O) groups is 3. The second-order valence-electron chi connectivity index (χ2n) is 14.8. The Morgan fingerprint density at radius 2 is 0.640 bits per heavy atom. The lowest BCUT2D eigenvalue weighted by atomic mass is 10.0. The Hall–Kier alpha value is -1.79. The highest BCUT2D eigenvalue weighted by molar-refractivity contribution is 5.76. The Morgan fingerprint density at radius 1 is 0.400 bits per heavy atom. The zero-order valence-corrected chi connectivity index (χ0v) is 33.5. The summed E-state index contributed by atoms with van der Waals surface area (Å²) in [6, 6.07) is -0.709. The van der Waals surface area contributed by atoms with E-state index in [1.165, 1.54) is 174 Å². The molecule has 0 aromatic rings. The topological polar surface area (TPSA) is 90.9 Å². The summed E-state index contributed by atoms with van der Waals surface area (Å²) in [5.74, 6) is -0.837. The molecule has 0 aliphatic heterocycles. The molecule has 7 nitrogen and oxygen atoms in total. The average molecular weight is 710 g/mol. The maximum absolute atomic E-state index is 12.4. The van der Waals surface area contributed by atoms with Crippen molar-refractivity contribution in [3.8, 4) is 0 Å². The minimum Gasteiger partial charge on any atom is -0.466 e. The first kappa shape index (κ1) is 48.2. The maximum Gasteiger partial charge on any atom is 0.407 e. The van der Waals surface area contributed by atoms with Crippen molar-refractivity contribution in [1.82, 2.24) is 5.32 Å². The summed E-state index contributed by atoms with van der Waals surface area (Å²) in [6.45, 7) is 5.28. The molecule has 0 heterocycles. The lowest BCUT2D eigenvalue weighted by molar-refractivity contribution is -0.146. The Kier molecular flexibility index (Phi) is 38.6. The van der Waals surface area contributed by atoms with Crippen molar-refractivity contribution in [2.24, 2.45) is 0 Å². The van der Waals surface area contributed by atoms with Crippen LogP contribution in [-0.4, -0.2) is 44.4 Å². The molecule has 0 fully saturated rings. The number of methoxy groups -OCH3 is 1. The van der Waals surface area contributed by atoms with E-state index >= 15 is 0 Å². The minimum absolute atomic E-state index is 0.0812. The number of hydrogen-bond donors (Lipinski definition) is 1. The van der Waals surface area contributed by atoms with Gasteiger partial charge in [-0.1, -0.05) is 206 Å². The number of alkyl carbamates (subject to hydrolysis) is 1. The fraction of sp³-hybridized carbons (Fsp3) is 0.930. The number of hydrogen-bond acceptors (Lipinski definition) is 6. The number of esters is 2. The highest BCUT2D eigenvalue weighted by Gasteiger charge is 2.22. The molecule has 1 N–H and O–H groups in total. The van der Waals surface area contributed by atoms with Gasteiger partial charge in [-0.2, -0.15) is 0 Å². The quantitative estimate of drug-likeness (QED) is 0.0388. The molecule has 1 amide bonds. The number of carbonyl (C=O) groups excluding carboxylic acids is 3. The van der Waals surface area contributed by atoms with E-state index in [2.05, 4.69) is 23.9 Å². The summed E-state index contributed by atoms with van der Waals surface area (Å²) in [4.78, 5) is 36.6. The maximum atomic E-state index is 12.4. The first-order valence-electron chi connectivity index (χ1n) is 21.7. The van der Waals surface area contributed by atoms with Gasteiger partial charge in [0.15, 0.2) is 0 Å². The molecule has 0 aliphatic rings. The molecule has 0 saturated heterocycles. The molecule has 0 radical (unpaired) electrons. The standard InChI is InChI=1S/C43H83NO6/c1-4-6-8-10-12-14-16-18-20-22-24-26-28-30-32-34-36-49-41(45)38-40(44-43(47)48-3)39-42(46)50-37-35-33-31-29-27-25-23-21-19-17-15-13-11-9-7-5-2/h40H,4-39H2,1-3H3,(H,44,47). The molecule has 0 rings (SSSR count). The summed E-state index contributed by atoms with van der Waals surface area (Å²) in [5.41, 5.74) is 0. The number of unbranched alkanes of at least 4 members (excludes halogenated alkanes) is 30. The third-order valence-electron chi connectivity index (χ3n) is 9.86. The van der Waals surface area contributed by atoms with Crippen LogP contribution in [-0.2, 0) is 23.8 Å². The monoisotopic (exact) mass is 710 g/mol. The van der Waals surface area contributed by atoms with E-state index in [4.69, 9.17) is 9.47 Å². The van der Waals surface area contributed by atoms with E-state index in [0.29, 0.717) is 13.2 Å². The van der Waals surface area contributed by atoms with Gasteiger partial charge in [-0.15, -0.1) is 0 Å². The van der Waals surface area contributed by atoms with Gasteiger partial charge in [0.1, 0.15) is 0 Å². The van der Waals surface area contributed by atoms with Crippen LogP contribution < -0.4 is 5.32 Å².